The van der Waals surface area contributed by atoms with Gasteiger partial charge < -0.3 is 10.2 Å². The van der Waals surface area contributed by atoms with Crippen molar-refractivity contribution < 1.29 is 0 Å². The Hall–Kier alpha value is -0.370. The van der Waals surface area contributed by atoms with Gasteiger partial charge in [-0.1, -0.05) is 19.8 Å². The summed E-state index contributed by atoms with van der Waals surface area (Å²) in [5.41, 5.74) is 1.26. The van der Waals surface area contributed by atoms with Gasteiger partial charge in [0.05, 0.1) is 10.7 Å². The van der Waals surface area contributed by atoms with E-state index in [1.54, 1.807) is 0 Å². The normalized spacial score (nSPS) is 23.3. The van der Waals surface area contributed by atoms with Gasteiger partial charge in [-0.05, 0) is 44.9 Å². The second kappa shape index (κ2) is 10.1. The van der Waals surface area contributed by atoms with Gasteiger partial charge in [0.15, 0.2) is 5.96 Å². The van der Waals surface area contributed by atoms with Crippen LogP contribution in [0.15, 0.2) is 4.99 Å². The number of likely N-dealkylation sites (tertiary alicyclic amines) is 1. The van der Waals surface area contributed by atoms with Gasteiger partial charge in [0, 0.05) is 37.5 Å². The summed E-state index contributed by atoms with van der Waals surface area (Å²) in [6.07, 6.45) is 7.67. The maximum absolute atomic E-state index is 4.91. The molecule has 0 spiro atoms. The Morgan fingerprint density at radius 3 is 2.48 bits per heavy atom. The van der Waals surface area contributed by atoms with Crippen LogP contribution in [0.4, 0.5) is 0 Å². The number of aliphatic imine (C=N–C) groups is 1. The summed E-state index contributed by atoms with van der Waals surface area (Å²) in [4.78, 5) is 13.5. The van der Waals surface area contributed by atoms with Crippen molar-refractivity contribution in [3.63, 3.8) is 0 Å². The van der Waals surface area contributed by atoms with Gasteiger partial charge in [-0.2, -0.15) is 0 Å². The third kappa shape index (κ3) is 5.31. The lowest BCUT2D eigenvalue weighted by molar-refractivity contribution is 0.299. The quantitative estimate of drug-likeness (QED) is 0.392. The average Bonchev–Trinajstić information content (AvgIpc) is 3.17. The SMILES string of the molecule is CCNC(=NCCc1nc(CC)c(C)s1)N1CC2CCCCC2C1.I. The maximum Gasteiger partial charge on any atom is 0.193 e. The first-order valence-corrected chi connectivity index (χ1v) is 10.5. The van der Waals surface area contributed by atoms with Crippen LogP contribution in [0.3, 0.4) is 0 Å². The Morgan fingerprint density at radius 2 is 1.92 bits per heavy atom. The molecule has 2 aliphatic rings. The molecule has 142 valence electrons. The summed E-state index contributed by atoms with van der Waals surface area (Å²) >= 11 is 1.84. The molecule has 25 heavy (non-hydrogen) atoms. The van der Waals surface area contributed by atoms with Crippen LogP contribution >= 0.6 is 35.3 Å². The topological polar surface area (TPSA) is 40.5 Å². The lowest BCUT2D eigenvalue weighted by Gasteiger charge is -2.22. The number of rotatable bonds is 5. The van der Waals surface area contributed by atoms with Crippen LogP contribution in [-0.4, -0.2) is 42.0 Å². The summed E-state index contributed by atoms with van der Waals surface area (Å²) in [5, 5.41) is 4.74. The summed E-state index contributed by atoms with van der Waals surface area (Å²) in [6.45, 7) is 10.7. The molecule has 1 aliphatic carbocycles. The number of aryl methyl sites for hydroxylation is 2. The zero-order valence-corrected chi connectivity index (χ0v) is 19.0. The molecule has 2 unspecified atom stereocenters. The Balaban J connectivity index is 0.00000225. The predicted molar refractivity (Wildman–Crippen MR) is 118 cm³/mol. The van der Waals surface area contributed by atoms with Crippen molar-refractivity contribution in [1.82, 2.24) is 15.2 Å². The highest BCUT2D eigenvalue weighted by Gasteiger charge is 2.35. The van der Waals surface area contributed by atoms with Crippen LogP contribution in [0, 0.1) is 18.8 Å². The summed E-state index contributed by atoms with van der Waals surface area (Å²) < 4.78 is 0. The number of guanidine groups is 1. The van der Waals surface area contributed by atoms with E-state index in [2.05, 4.69) is 31.0 Å². The first-order valence-electron chi connectivity index (χ1n) is 9.69. The molecule has 1 N–H and O–H groups in total. The van der Waals surface area contributed by atoms with Gasteiger partial charge in [-0.3, -0.25) is 4.99 Å². The number of thiazole rings is 1. The van der Waals surface area contributed by atoms with E-state index < -0.39 is 0 Å². The van der Waals surface area contributed by atoms with E-state index in [0.717, 1.165) is 43.7 Å². The molecule has 1 aromatic heterocycles. The molecule has 3 rings (SSSR count). The minimum Gasteiger partial charge on any atom is -0.357 e. The monoisotopic (exact) mass is 476 g/mol. The molecule has 1 aliphatic heterocycles. The second-order valence-corrected chi connectivity index (χ2v) is 8.45. The van der Waals surface area contributed by atoms with Crippen molar-refractivity contribution in [2.75, 3.05) is 26.2 Å². The molecule has 1 saturated carbocycles. The van der Waals surface area contributed by atoms with Crippen LogP contribution in [-0.2, 0) is 12.8 Å². The highest BCUT2D eigenvalue weighted by atomic mass is 127. The van der Waals surface area contributed by atoms with Gasteiger partial charge in [0.25, 0.3) is 0 Å². The maximum atomic E-state index is 4.91. The predicted octanol–water partition coefficient (Wildman–Crippen LogP) is 4.26. The average molecular weight is 476 g/mol. The van der Waals surface area contributed by atoms with Gasteiger partial charge in [0.1, 0.15) is 0 Å². The van der Waals surface area contributed by atoms with Crippen LogP contribution in [0.1, 0.15) is 55.1 Å². The molecule has 0 aromatic carbocycles. The Kier molecular flexibility index (Phi) is 8.45. The van der Waals surface area contributed by atoms with Crippen molar-refractivity contribution in [3.05, 3.63) is 15.6 Å². The molecule has 2 fully saturated rings. The number of nitrogens with zero attached hydrogens (tertiary/aromatic N) is 3. The fourth-order valence-corrected chi connectivity index (χ4v) is 5.20. The smallest absolute Gasteiger partial charge is 0.193 e. The van der Waals surface area contributed by atoms with Gasteiger partial charge in [0.2, 0.25) is 0 Å². The molecule has 1 aromatic rings. The molecular weight excluding hydrogens is 443 g/mol. The molecule has 0 bridgehead atoms. The summed E-state index contributed by atoms with van der Waals surface area (Å²) in [7, 11) is 0. The molecular formula is C19H33IN4S. The molecule has 1 saturated heterocycles. The molecule has 0 radical (unpaired) electrons. The van der Waals surface area contributed by atoms with Crippen molar-refractivity contribution >= 4 is 41.3 Å². The van der Waals surface area contributed by atoms with E-state index >= 15 is 0 Å². The lowest BCUT2D eigenvalue weighted by Crippen LogP contribution is -2.40. The highest BCUT2D eigenvalue weighted by molar-refractivity contribution is 14.0. The molecule has 6 heteroatoms. The van der Waals surface area contributed by atoms with Crippen molar-refractivity contribution in [3.8, 4) is 0 Å². The zero-order valence-electron chi connectivity index (χ0n) is 15.9. The fraction of sp³-hybridized carbons (Fsp3) is 0.789. The van der Waals surface area contributed by atoms with Crippen LogP contribution < -0.4 is 5.32 Å². The third-order valence-electron chi connectivity index (χ3n) is 5.47. The molecule has 2 atom stereocenters. The fourth-order valence-electron chi connectivity index (χ4n) is 4.18. The number of aromatic nitrogens is 1. The largest absolute Gasteiger partial charge is 0.357 e. The van der Waals surface area contributed by atoms with E-state index in [0.29, 0.717) is 0 Å². The molecule has 4 nitrogen and oxygen atoms in total. The highest BCUT2D eigenvalue weighted by Crippen LogP contribution is 2.35. The molecule has 2 heterocycles. The second-order valence-electron chi connectivity index (χ2n) is 7.16. The first kappa shape index (κ1) is 20.9. The van der Waals surface area contributed by atoms with E-state index in [9.17, 15) is 0 Å². The van der Waals surface area contributed by atoms with Crippen molar-refractivity contribution in [1.29, 1.82) is 0 Å². The van der Waals surface area contributed by atoms with E-state index in [1.165, 1.54) is 54.4 Å². The number of hydrogen-bond donors (Lipinski definition) is 1. The lowest BCUT2D eigenvalue weighted by atomic mass is 9.82. The van der Waals surface area contributed by atoms with Crippen LogP contribution in [0.5, 0.6) is 0 Å². The van der Waals surface area contributed by atoms with Crippen LogP contribution in [0.2, 0.25) is 0 Å². The Labute approximate surface area is 173 Å². The number of fused-ring (bicyclic) bond motifs is 1. The van der Waals surface area contributed by atoms with Gasteiger partial charge in [-0.25, -0.2) is 4.98 Å². The van der Waals surface area contributed by atoms with E-state index in [-0.39, 0.29) is 24.0 Å². The minimum atomic E-state index is 0. The number of hydrogen-bond acceptors (Lipinski definition) is 3. The minimum absolute atomic E-state index is 0. The van der Waals surface area contributed by atoms with Crippen molar-refractivity contribution in [2.45, 2.75) is 59.3 Å². The van der Waals surface area contributed by atoms with Crippen LogP contribution in [0.25, 0.3) is 0 Å². The summed E-state index contributed by atoms with van der Waals surface area (Å²) in [5.74, 6) is 2.92. The van der Waals surface area contributed by atoms with Gasteiger partial charge in [-0.15, -0.1) is 35.3 Å². The zero-order chi connectivity index (χ0) is 16.9. The number of nitrogens with one attached hydrogen (secondary N) is 1. The molecule has 0 amide bonds. The van der Waals surface area contributed by atoms with E-state index in [4.69, 9.17) is 9.98 Å². The Bertz CT molecular complexity index is 558. The third-order valence-corrected chi connectivity index (χ3v) is 6.54. The summed E-state index contributed by atoms with van der Waals surface area (Å²) in [6, 6.07) is 0. The van der Waals surface area contributed by atoms with Gasteiger partial charge >= 0.3 is 0 Å². The van der Waals surface area contributed by atoms with Crippen molar-refractivity contribution in [2.24, 2.45) is 16.8 Å². The first-order chi connectivity index (χ1) is 11.7. The Morgan fingerprint density at radius 1 is 1.24 bits per heavy atom. The standard InChI is InChI=1S/C19H32N4S.HI/c1-4-17-14(3)24-18(22-17)10-11-21-19(20-5-2)23-12-15-8-6-7-9-16(15)13-23;/h15-16H,4-13H2,1-3H3,(H,20,21);1H. The number of halogens is 1. The van der Waals surface area contributed by atoms with E-state index in [1.807, 2.05) is 11.3 Å².